The zero-order valence-electron chi connectivity index (χ0n) is 17.8. The Kier molecular flexibility index (Phi) is 6.75. The first-order valence-electron chi connectivity index (χ1n) is 10.2. The number of methoxy groups -OCH3 is 1. The van der Waals surface area contributed by atoms with E-state index < -0.39 is 0 Å². The van der Waals surface area contributed by atoms with Crippen LogP contribution in [0.3, 0.4) is 0 Å². The van der Waals surface area contributed by atoms with Crippen LogP contribution in [0, 0.1) is 0 Å². The highest BCUT2D eigenvalue weighted by atomic mass is 16.5. The molecule has 1 aromatic rings. The number of carbonyl (C=O) groups is 1. The minimum absolute atomic E-state index is 0.00934. The molecule has 0 radical (unpaired) electrons. The van der Waals surface area contributed by atoms with Crippen molar-refractivity contribution in [3.63, 3.8) is 0 Å². The van der Waals surface area contributed by atoms with Gasteiger partial charge >= 0.3 is 0 Å². The lowest BCUT2D eigenvalue weighted by molar-refractivity contribution is -0.0498. The monoisotopic (exact) mass is 394 g/mol. The SMILES string of the molecule is COCCn1nc2c(c1C(=O)NCCN1CCOCC1(C)C)C[C@H](C)O[C@@H]2C. The van der Waals surface area contributed by atoms with Crippen molar-refractivity contribution in [2.45, 2.75) is 58.4 Å². The summed E-state index contributed by atoms with van der Waals surface area (Å²) in [5.41, 5.74) is 2.51. The number of hydrogen-bond acceptors (Lipinski definition) is 6. The van der Waals surface area contributed by atoms with Crippen LogP contribution >= 0.6 is 0 Å². The Morgan fingerprint density at radius 2 is 2.14 bits per heavy atom. The Balaban J connectivity index is 1.71. The lowest BCUT2D eigenvalue weighted by Crippen LogP contribution is -2.54. The highest BCUT2D eigenvalue weighted by Gasteiger charge is 2.33. The maximum absolute atomic E-state index is 13.1. The van der Waals surface area contributed by atoms with Gasteiger partial charge in [0.05, 0.1) is 44.3 Å². The van der Waals surface area contributed by atoms with Crippen molar-refractivity contribution in [3.8, 4) is 0 Å². The van der Waals surface area contributed by atoms with E-state index in [9.17, 15) is 4.79 Å². The molecule has 0 spiro atoms. The quantitative estimate of drug-likeness (QED) is 0.753. The lowest BCUT2D eigenvalue weighted by Gasteiger charge is -2.42. The molecule has 28 heavy (non-hydrogen) atoms. The van der Waals surface area contributed by atoms with Crippen molar-refractivity contribution < 1.29 is 19.0 Å². The first-order valence-corrected chi connectivity index (χ1v) is 10.2. The Bertz CT molecular complexity index is 688. The van der Waals surface area contributed by atoms with Gasteiger partial charge in [-0.05, 0) is 27.7 Å². The first-order chi connectivity index (χ1) is 13.3. The van der Waals surface area contributed by atoms with Crippen LogP contribution in [0.5, 0.6) is 0 Å². The van der Waals surface area contributed by atoms with Gasteiger partial charge in [-0.15, -0.1) is 0 Å². The van der Waals surface area contributed by atoms with Crippen molar-refractivity contribution >= 4 is 5.91 Å². The van der Waals surface area contributed by atoms with Gasteiger partial charge in [0.15, 0.2) is 0 Å². The summed E-state index contributed by atoms with van der Waals surface area (Å²) in [5.74, 6) is -0.0720. The summed E-state index contributed by atoms with van der Waals surface area (Å²) in [4.78, 5) is 15.4. The van der Waals surface area contributed by atoms with Crippen LogP contribution in [-0.2, 0) is 27.2 Å². The molecule has 1 fully saturated rings. The van der Waals surface area contributed by atoms with Gasteiger partial charge in [-0.3, -0.25) is 14.4 Å². The van der Waals surface area contributed by atoms with Gasteiger partial charge in [-0.25, -0.2) is 0 Å². The molecule has 0 unspecified atom stereocenters. The third kappa shape index (κ3) is 4.56. The molecule has 1 aromatic heterocycles. The van der Waals surface area contributed by atoms with Crippen molar-refractivity contribution in [1.29, 1.82) is 0 Å². The summed E-state index contributed by atoms with van der Waals surface area (Å²) in [7, 11) is 1.65. The normalized spacial score (nSPS) is 24.8. The fourth-order valence-corrected chi connectivity index (χ4v) is 4.08. The van der Waals surface area contributed by atoms with Crippen molar-refractivity contribution in [3.05, 3.63) is 17.0 Å². The summed E-state index contributed by atoms with van der Waals surface area (Å²) in [6.45, 7) is 13.2. The number of nitrogens with one attached hydrogen (secondary N) is 1. The van der Waals surface area contributed by atoms with Crippen LogP contribution in [-0.4, -0.2) is 78.8 Å². The molecule has 1 amide bonds. The molecule has 3 heterocycles. The Labute approximate surface area is 167 Å². The number of fused-ring (bicyclic) bond motifs is 1. The van der Waals surface area contributed by atoms with Gasteiger partial charge in [-0.1, -0.05) is 0 Å². The molecule has 3 rings (SSSR count). The standard InChI is InChI=1S/C20H34N4O4/c1-14-12-16-17(15(2)28-14)22-24(9-10-26-5)18(16)19(25)21-6-7-23-8-11-27-13-20(23,3)4/h14-15H,6-13H2,1-5H3,(H,21,25)/t14-,15+/m0/s1. The zero-order chi connectivity index (χ0) is 20.3. The van der Waals surface area contributed by atoms with Crippen LogP contribution in [0.1, 0.15) is 55.5 Å². The summed E-state index contributed by atoms with van der Waals surface area (Å²) < 4.78 is 18.4. The number of ether oxygens (including phenoxy) is 3. The lowest BCUT2D eigenvalue weighted by atomic mass is 9.99. The largest absolute Gasteiger partial charge is 0.383 e. The second-order valence-corrected chi connectivity index (χ2v) is 8.33. The van der Waals surface area contributed by atoms with E-state index in [1.54, 1.807) is 11.8 Å². The number of hydrogen-bond donors (Lipinski definition) is 1. The molecular weight excluding hydrogens is 360 g/mol. The predicted molar refractivity (Wildman–Crippen MR) is 106 cm³/mol. The van der Waals surface area contributed by atoms with Gasteiger partial charge in [0.25, 0.3) is 5.91 Å². The molecular formula is C20H34N4O4. The summed E-state index contributed by atoms with van der Waals surface area (Å²) in [6, 6.07) is 0. The highest BCUT2D eigenvalue weighted by molar-refractivity contribution is 5.94. The van der Waals surface area contributed by atoms with Crippen LogP contribution in [0.15, 0.2) is 0 Å². The number of morpholine rings is 1. The Morgan fingerprint density at radius 1 is 1.36 bits per heavy atom. The van der Waals surface area contributed by atoms with Crippen molar-refractivity contribution in [2.24, 2.45) is 0 Å². The first kappa shape index (κ1) is 21.2. The maximum Gasteiger partial charge on any atom is 0.269 e. The average Bonchev–Trinajstić information content (AvgIpc) is 2.99. The summed E-state index contributed by atoms with van der Waals surface area (Å²) >= 11 is 0. The molecule has 2 aliphatic rings. The fourth-order valence-electron chi connectivity index (χ4n) is 4.08. The zero-order valence-corrected chi connectivity index (χ0v) is 17.8. The van der Waals surface area contributed by atoms with E-state index in [2.05, 4.69) is 29.2 Å². The minimum atomic E-state index is -0.108. The van der Waals surface area contributed by atoms with Gasteiger partial charge in [0, 0.05) is 44.3 Å². The highest BCUT2D eigenvalue weighted by Crippen LogP contribution is 2.31. The number of amides is 1. The average molecular weight is 395 g/mol. The van der Waals surface area contributed by atoms with E-state index in [1.807, 2.05) is 13.8 Å². The Morgan fingerprint density at radius 3 is 2.86 bits per heavy atom. The predicted octanol–water partition coefficient (Wildman–Crippen LogP) is 1.39. The molecule has 1 N–H and O–H groups in total. The van der Waals surface area contributed by atoms with Gasteiger partial charge in [0.2, 0.25) is 0 Å². The van der Waals surface area contributed by atoms with Crippen LogP contribution in [0.4, 0.5) is 0 Å². The third-order valence-electron chi connectivity index (χ3n) is 5.60. The molecule has 2 aliphatic heterocycles. The third-order valence-corrected chi connectivity index (χ3v) is 5.60. The number of nitrogens with zero attached hydrogens (tertiary/aromatic N) is 3. The topological polar surface area (TPSA) is 77.9 Å². The van der Waals surface area contributed by atoms with Crippen LogP contribution in [0.25, 0.3) is 0 Å². The molecule has 0 aliphatic carbocycles. The molecule has 2 atom stereocenters. The van der Waals surface area contributed by atoms with E-state index in [0.29, 0.717) is 38.4 Å². The van der Waals surface area contributed by atoms with E-state index in [1.165, 1.54) is 0 Å². The number of rotatable bonds is 7. The molecule has 8 heteroatoms. The summed E-state index contributed by atoms with van der Waals surface area (Å²) in [5, 5.41) is 7.77. The van der Waals surface area contributed by atoms with Crippen LogP contribution < -0.4 is 5.32 Å². The van der Waals surface area contributed by atoms with E-state index in [4.69, 9.17) is 14.2 Å². The molecule has 1 saturated heterocycles. The smallest absolute Gasteiger partial charge is 0.269 e. The number of aromatic nitrogens is 2. The molecule has 158 valence electrons. The van der Waals surface area contributed by atoms with Crippen LogP contribution in [0.2, 0.25) is 0 Å². The maximum atomic E-state index is 13.1. The van der Waals surface area contributed by atoms with E-state index in [-0.39, 0.29) is 23.7 Å². The second-order valence-electron chi connectivity index (χ2n) is 8.33. The van der Waals surface area contributed by atoms with Gasteiger partial charge in [0.1, 0.15) is 5.69 Å². The van der Waals surface area contributed by atoms with Gasteiger partial charge < -0.3 is 19.5 Å². The van der Waals surface area contributed by atoms with E-state index in [0.717, 1.165) is 31.0 Å². The van der Waals surface area contributed by atoms with E-state index >= 15 is 0 Å². The molecule has 0 saturated carbocycles. The summed E-state index contributed by atoms with van der Waals surface area (Å²) in [6.07, 6.45) is 0.665. The van der Waals surface area contributed by atoms with Gasteiger partial charge in [-0.2, -0.15) is 5.10 Å². The van der Waals surface area contributed by atoms with Crippen molar-refractivity contribution in [1.82, 2.24) is 20.0 Å². The minimum Gasteiger partial charge on any atom is -0.383 e. The fraction of sp³-hybridized carbons (Fsp3) is 0.800. The van der Waals surface area contributed by atoms with Crippen molar-refractivity contribution in [2.75, 3.05) is 46.6 Å². The molecule has 0 aromatic carbocycles. The Hall–Kier alpha value is -1.48. The number of carbonyl (C=O) groups excluding carboxylic acids is 1. The molecule has 8 nitrogen and oxygen atoms in total. The second kappa shape index (κ2) is 8.90. The molecule has 0 bridgehead atoms.